The number of carbonyl (C=O) groups is 2. The molecule has 0 radical (unpaired) electrons. The predicted molar refractivity (Wildman–Crippen MR) is 87.4 cm³/mol. The third kappa shape index (κ3) is 4.16. The van der Waals surface area contributed by atoms with Crippen molar-refractivity contribution in [2.45, 2.75) is 4.21 Å². The Morgan fingerprint density at radius 1 is 1.20 bits per heavy atom. The summed E-state index contributed by atoms with van der Waals surface area (Å²) in [5, 5.41) is 1.61. The molecular weight excluding hydrogens is 370 g/mol. The fourth-order valence-corrected chi connectivity index (χ4v) is 4.00. The Labute approximate surface area is 147 Å². The van der Waals surface area contributed by atoms with Crippen molar-refractivity contribution >= 4 is 33.1 Å². The zero-order valence-electron chi connectivity index (χ0n) is 12.8. The number of sulfonamides is 1. The number of fused-ring (bicyclic) bond motifs is 1. The predicted octanol–water partition coefficient (Wildman–Crippen LogP) is 1.18. The topological polar surface area (TPSA) is 108 Å². The van der Waals surface area contributed by atoms with Crippen LogP contribution >= 0.6 is 11.3 Å². The molecule has 2 heterocycles. The second-order valence-corrected chi connectivity index (χ2v) is 7.85. The molecule has 0 spiro atoms. The van der Waals surface area contributed by atoms with E-state index in [1.165, 1.54) is 18.2 Å². The monoisotopic (exact) mass is 383 g/mol. The fourth-order valence-electron chi connectivity index (χ4n) is 1.99. The maximum absolute atomic E-state index is 12.0. The molecule has 1 aromatic heterocycles. The summed E-state index contributed by atoms with van der Waals surface area (Å²) in [7, 11) is -3.76. The first kappa shape index (κ1) is 17.4. The molecule has 132 valence electrons. The molecule has 1 aliphatic heterocycles. The largest absolute Gasteiger partial charge is 0.456 e. The van der Waals surface area contributed by atoms with Crippen LogP contribution in [0.1, 0.15) is 10.4 Å². The van der Waals surface area contributed by atoms with E-state index in [0.29, 0.717) is 17.1 Å². The van der Waals surface area contributed by atoms with Crippen LogP contribution in [0, 0.1) is 0 Å². The van der Waals surface area contributed by atoms with Crippen LogP contribution < -0.4 is 14.2 Å². The Balaban J connectivity index is 1.50. The molecule has 0 amide bonds. The van der Waals surface area contributed by atoms with E-state index in [2.05, 4.69) is 4.72 Å². The standard InChI is InChI=1S/C15H13NO7S2/c17-11(10-3-4-12-13(6-10)23-9-22-12)8-21-14(18)7-16-25(19,20)15-2-1-5-24-15/h1-6,16H,7-9H2. The molecule has 8 nitrogen and oxygen atoms in total. The van der Waals surface area contributed by atoms with Crippen LogP contribution in [0.2, 0.25) is 0 Å². The molecule has 0 unspecified atom stereocenters. The number of nitrogens with one attached hydrogen (secondary N) is 1. The number of hydrogen-bond acceptors (Lipinski definition) is 8. The molecule has 0 fully saturated rings. The summed E-state index contributed by atoms with van der Waals surface area (Å²) < 4.78 is 41.1. The minimum atomic E-state index is -3.76. The summed E-state index contributed by atoms with van der Waals surface area (Å²) in [5.41, 5.74) is 0.302. The number of benzene rings is 1. The van der Waals surface area contributed by atoms with E-state index in [9.17, 15) is 18.0 Å². The molecule has 0 saturated heterocycles. The smallest absolute Gasteiger partial charge is 0.321 e. The number of ether oxygens (including phenoxy) is 3. The van der Waals surface area contributed by atoms with Gasteiger partial charge in [-0.25, -0.2) is 8.42 Å². The van der Waals surface area contributed by atoms with Gasteiger partial charge in [0.25, 0.3) is 10.0 Å². The number of esters is 1. The lowest BCUT2D eigenvalue weighted by atomic mass is 10.1. The lowest BCUT2D eigenvalue weighted by molar-refractivity contribution is -0.141. The Bertz CT molecular complexity index is 891. The molecule has 1 N–H and O–H groups in total. The van der Waals surface area contributed by atoms with Crippen molar-refractivity contribution in [2.24, 2.45) is 0 Å². The number of thiophene rings is 1. The van der Waals surface area contributed by atoms with Gasteiger partial charge in [0.15, 0.2) is 23.9 Å². The second-order valence-electron chi connectivity index (χ2n) is 4.91. The van der Waals surface area contributed by atoms with E-state index in [0.717, 1.165) is 11.3 Å². The van der Waals surface area contributed by atoms with Crippen molar-refractivity contribution < 1.29 is 32.2 Å². The van der Waals surface area contributed by atoms with Crippen molar-refractivity contribution in [3.05, 3.63) is 41.3 Å². The van der Waals surface area contributed by atoms with Gasteiger partial charge in [0, 0.05) is 5.56 Å². The molecule has 10 heteroatoms. The highest BCUT2D eigenvalue weighted by Crippen LogP contribution is 2.32. The van der Waals surface area contributed by atoms with E-state index < -0.39 is 34.9 Å². The summed E-state index contributed by atoms with van der Waals surface area (Å²) in [6, 6.07) is 7.62. The van der Waals surface area contributed by atoms with Crippen LogP contribution in [-0.2, 0) is 19.6 Å². The highest BCUT2D eigenvalue weighted by molar-refractivity contribution is 7.91. The van der Waals surface area contributed by atoms with Gasteiger partial charge in [-0.15, -0.1) is 11.3 Å². The van der Waals surface area contributed by atoms with Gasteiger partial charge in [0.05, 0.1) is 0 Å². The molecule has 2 aromatic rings. The van der Waals surface area contributed by atoms with Gasteiger partial charge >= 0.3 is 5.97 Å². The summed E-state index contributed by atoms with van der Waals surface area (Å²) in [6.07, 6.45) is 0. The van der Waals surface area contributed by atoms with Gasteiger partial charge in [-0.05, 0) is 29.6 Å². The molecule has 0 aliphatic carbocycles. The molecule has 3 rings (SSSR count). The molecule has 0 bridgehead atoms. The molecule has 0 atom stereocenters. The Hall–Kier alpha value is -2.43. The molecule has 1 aliphatic rings. The summed E-state index contributed by atoms with van der Waals surface area (Å²) >= 11 is 1.03. The minimum Gasteiger partial charge on any atom is -0.456 e. The molecule has 0 saturated carbocycles. The molecular formula is C15H13NO7S2. The van der Waals surface area contributed by atoms with E-state index in [4.69, 9.17) is 14.2 Å². The second kappa shape index (κ2) is 7.21. The van der Waals surface area contributed by atoms with Gasteiger partial charge < -0.3 is 14.2 Å². The van der Waals surface area contributed by atoms with Crippen LogP contribution in [0.3, 0.4) is 0 Å². The number of rotatable bonds is 7. The highest BCUT2D eigenvalue weighted by atomic mass is 32.2. The number of carbonyl (C=O) groups excluding carboxylic acids is 2. The molecule has 1 aromatic carbocycles. The molecule has 25 heavy (non-hydrogen) atoms. The maximum atomic E-state index is 12.0. The lowest BCUT2D eigenvalue weighted by Crippen LogP contribution is -2.31. The average molecular weight is 383 g/mol. The number of Topliss-reactive ketones (excluding diaryl/α,β-unsaturated/α-hetero) is 1. The minimum absolute atomic E-state index is 0.0896. The normalized spacial score (nSPS) is 12.8. The lowest BCUT2D eigenvalue weighted by Gasteiger charge is -2.06. The fraction of sp³-hybridized carbons (Fsp3) is 0.200. The van der Waals surface area contributed by atoms with Crippen molar-refractivity contribution in [2.75, 3.05) is 19.9 Å². The first-order valence-corrected chi connectivity index (χ1v) is 9.43. The van der Waals surface area contributed by atoms with E-state index in [1.54, 1.807) is 17.5 Å². The van der Waals surface area contributed by atoms with Crippen LogP contribution in [0.5, 0.6) is 11.5 Å². The average Bonchev–Trinajstić information content (AvgIpc) is 3.28. The van der Waals surface area contributed by atoms with Crippen molar-refractivity contribution in [3.63, 3.8) is 0 Å². The van der Waals surface area contributed by atoms with E-state index >= 15 is 0 Å². The Kier molecular flexibility index (Phi) is 5.02. The van der Waals surface area contributed by atoms with Crippen molar-refractivity contribution in [1.29, 1.82) is 0 Å². The van der Waals surface area contributed by atoms with E-state index in [-0.39, 0.29) is 11.0 Å². The summed E-state index contributed by atoms with van der Waals surface area (Å²) in [5.74, 6) is -0.306. The van der Waals surface area contributed by atoms with Gasteiger partial charge in [-0.3, -0.25) is 9.59 Å². The third-order valence-electron chi connectivity index (χ3n) is 3.23. The van der Waals surface area contributed by atoms with Gasteiger partial charge in [0.1, 0.15) is 10.8 Å². The van der Waals surface area contributed by atoms with Crippen LogP contribution in [0.4, 0.5) is 0 Å². The van der Waals surface area contributed by atoms with Crippen LogP contribution in [-0.4, -0.2) is 40.1 Å². The first-order chi connectivity index (χ1) is 12.0. The van der Waals surface area contributed by atoms with Crippen LogP contribution in [0.15, 0.2) is 39.9 Å². The van der Waals surface area contributed by atoms with Crippen molar-refractivity contribution in [3.8, 4) is 11.5 Å². The van der Waals surface area contributed by atoms with Gasteiger partial charge in [-0.1, -0.05) is 6.07 Å². The Morgan fingerprint density at radius 3 is 2.76 bits per heavy atom. The SMILES string of the molecule is O=C(CNS(=O)(=O)c1cccs1)OCC(=O)c1ccc2c(c1)OCO2. The zero-order valence-corrected chi connectivity index (χ0v) is 14.4. The van der Waals surface area contributed by atoms with E-state index in [1.807, 2.05) is 0 Å². The van der Waals surface area contributed by atoms with Crippen molar-refractivity contribution in [1.82, 2.24) is 4.72 Å². The van der Waals surface area contributed by atoms with Gasteiger partial charge in [0.2, 0.25) is 6.79 Å². The van der Waals surface area contributed by atoms with Gasteiger partial charge in [-0.2, -0.15) is 4.72 Å². The quantitative estimate of drug-likeness (QED) is 0.565. The van der Waals surface area contributed by atoms with Crippen LogP contribution in [0.25, 0.3) is 0 Å². The zero-order chi connectivity index (χ0) is 17.9. The maximum Gasteiger partial charge on any atom is 0.321 e. The number of ketones is 1. The third-order valence-corrected chi connectivity index (χ3v) is 6.02. The first-order valence-electron chi connectivity index (χ1n) is 7.07. The highest BCUT2D eigenvalue weighted by Gasteiger charge is 2.19. The summed E-state index contributed by atoms with van der Waals surface area (Å²) in [6.45, 7) is -0.972. The number of hydrogen-bond donors (Lipinski definition) is 1. The summed E-state index contributed by atoms with van der Waals surface area (Å²) in [4.78, 5) is 23.7. The Morgan fingerprint density at radius 2 is 2.00 bits per heavy atom.